The maximum Gasteiger partial charge on any atom is 0.479 e. The van der Waals surface area contributed by atoms with E-state index in [-0.39, 0.29) is 24.9 Å². The number of nitrogens with zero attached hydrogens (tertiary/aromatic N) is 1. The van der Waals surface area contributed by atoms with E-state index in [9.17, 15) is 28.4 Å². The van der Waals surface area contributed by atoms with E-state index in [0.29, 0.717) is 29.7 Å². The Labute approximate surface area is 339 Å². The van der Waals surface area contributed by atoms with Crippen LogP contribution in [-0.4, -0.2) is 39.3 Å². The minimum atomic E-state index is -4.90. The Morgan fingerprint density at radius 3 is 1.91 bits per heavy atom. The highest BCUT2D eigenvalue weighted by Gasteiger charge is 2.37. The molecule has 57 heavy (non-hydrogen) atoms. The molecule has 0 bridgehead atoms. The molecule has 0 saturated carbocycles. The van der Waals surface area contributed by atoms with Crippen molar-refractivity contribution < 1.29 is 41.6 Å². The van der Waals surface area contributed by atoms with Crippen molar-refractivity contribution in [2.75, 3.05) is 12.8 Å². The van der Waals surface area contributed by atoms with Gasteiger partial charge in [-0.2, -0.15) is 0 Å². The molecule has 0 aliphatic carbocycles. The van der Waals surface area contributed by atoms with Gasteiger partial charge in [-0.15, -0.1) is 0 Å². The van der Waals surface area contributed by atoms with Crippen LogP contribution in [0.4, 0.5) is 0 Å². The Morgan fingerprint density at radius 2 is 1.33 bits per heavy atom. The van der Waals surface area contributed by atoms with Crippen LogP contribution in [0, 0.1) is 6.92 Å². The molecule has 2 unspecified atom stereocenters. The SMILES string of the molecule is CCCCCCCCCCCCP(=O)(OCc1ccc(OC(=O)CCCCCCCCCCC)cc1)OP(=O)(O)OC[C@@H]1C=C[C@H](n2cc(C)c(=O)[nH]c2=O)O1.N. The molecule has 3 rings (SSSR count). The Kier molecular flexibility index (Phi) is 24.7. The number of hydrogen-bond acceptors (Lipinski definition) is 11. The second kappa shape index (κ2) is 27.9. The molecule has 0 spiro atoms. The van der Waals surface area contributed by atoms with Crippen molar-refractivity contribution in [3.63, 3.8) is 0 Å². The number of nitrogens with one attached hydrogen (secondary N) is 1. The van der Waals surface area contributed by atoms with Crippen molar-refractivity contribution in [3.8, 4) is 5.75 Å². The molecule has 0 fully saturated rings. The van der Waals surface area contributed by atoms with Gasteiger partial charge >= 0.3 is 27.1 Å². The van der Waals surface area contributed by atoms with Crippen LogP contribution in [0.5, 0.6) is 5.75 Å². The summed E-state index contributed by atoms with van der Waals surface area (Å²) in [4.78, 5) is 49.3. The molecule has 2 heterocycles. The zero-order chi connectivity index (χ0) is 40.7. The number of unbranched alkanes of at least 4 members (excludes halogenated alkanes) is 17. The maximum absolute atomic E-state index is 14.0. The summed E-state index contributed by atoms with van der Waals surface area (Å²) >= 11 is 0. The third kappa shape index (κ3) is 20.7. The number of aryl methyl sites for hydroxylation is 1. The van der Waals surface area contributed by atoms with Crippen LogP contribution in [0.1, 0.15) is 160 Å². The molecule has 4 atom stereocenters. The summed E-state index contributed by atoms with van der Waals surface area (Å²) in [6.07, 6.45) is 24.0. The van der Waals surface area contributed by atoms with Crippen molar-refractivity contribution in [3.05, 3.63) is 74.6 Å². The van der Waals surface area contributed by atoms with Crippen LogP contribution in [0.25, 0.3) is 0 Å². The van der Waals surface area contributed by atoms with E-state index < -0.39 is 45.6 Å². The van der Waals surface area contributed by atoms with Gasteiger partial charge in [0.2, 0.25) is 0 Å². The fourth-order valence-electron chi connectivity index (χ4n) is 6.38. The van der Waals surface area contributed by atoms with E-state index in [1.807, 2.05) is 0 Å². The van der Waals surface area contributed by atoms with Crippen molar-refractivity contribution in [2.24, 2.45) is 0 Å². The van der Waals surface area contributed by atoms with Gasteiger partial charge in [0.1, 0.15) is 11.9 Å². The molecule has 14 nitrogen and oxygen atoms in total. The van der Waals surface area contributed by atoms with E-state index in [2.05, 4.69) is 18.8 Å². The number of rotatable bonds is 31. The number of hydrogen-bond donors (Lipinski definition) is 3. The molecule has 324 valence electrons. The molecule has 5 N–H and O–H groups in total. The lowest BCUT2D eigenvalue weighted by molar-refractivity contribution is -0.134. The average molecular weight is 842 g/mol. The standard InChI is InChI=1S/C41H66N2O11P2.H3N/c1-4-6-8-10-12-14-16-18-20-22-30-55(47,54-56(48,49)51-33-37-28-29-38(52-37)43-31-34(3)40(45)42-41(43)46)50-32-35-24-26-36(27-25-35)53-39(44)23-21-19-17-15-13-11-9-7-5-2;/h24-29,31,37-38H,4-23,30,32-33H2,1-3H3,(H,48,49)(H,42,45,46);1H3/t37-,38+,55?;/m0./s1. The predicted octanol–water partition coefficient (Wildman–Crippen LogP) is 10.8. The predicted molar refractivity (Wildman–Crippen MR) is 224 cm³/mol. The maximum atomic E-state index is 14.0. The summed E-state index contributed by atoms with van der Waals surface area (Å²) in [7, 11) is -9.05. The van der Waals surface area contributed by atoms with Gasteiger partial charge in [0.05, 0.1) is 19.4 Å². The van der Waals surface area contributed by atoms with E-state index in [1.54, 1.807) is 43.3 Å². The van der Waals surface area contributed by atoms with E-state index in [1.165, 1.54) is 81.4 Å². The van der Waals surface area contributed by atoms with Crippen molar-refractivity contribution >= 4 is 21.4 Å². The summed E-state index contributed by atoms with van der Waals surface area (Å²) in [5, 5.41) is 0. The lowest BCUT2D eigenvalue weighted by Gasteiger charge is -2.22. The molecule has 0 amide bonds. The molecule has 2 aromatic rings. The molecule has 0 radical (unpaired) electrons. The number of esters is 1. The smallest absolute Gasteiger partial charge is 0.427 e. The van der Waals surface area contributed by atoms with Gasteiger partial charge in [0, 0.05) is 18.2 Å². The number of phosphoric acid groups is 1. The number of carbonyl (C=O) groups excluding carboxylic acids is 1. The quantitative estimate of drug-likeness (QED) is 0.0213. The monoisotopic (exact) mass is 841 g/mol. The zero-order valence-electron chi connectivity index (χ0n) is 34.5. The highest BCUT2D eigenvalue weighted by atomic mass is 31.3. The summed E-state index contributed by atoms with van der Waals surface area (Å²) in [5.41, 5.74) is -0.259. The number of ether oxygens (including phenoxy) is 2. The summed E-state index contributed by atoms with van der Waals surface area (Å²) in [6, 6.07) is 6.62. The number of benzene rings is 1. The lowest BCUT2D eigenvalue weighted by Crippen LogP contribution is -2.33. The minimum Gasteiger partial charge on any atom is -0.427 e. The Hall–Kier alpha value is -2.67. The Balaban J connectivity index is 0.0000112. The summed E-state index contributed by atoms with van der Waals surface area (Å²) in [6.45, 7) is 5.35. The van der Waals surface area contributed by atoms with E-state index in [0.717, 1.165) is 44.9 Å². The topological polar surface area (TPSA) is 207 Å². The molecule has 1 aromatic carbocycles. The third-order valence-electron chi connectivity index (χ3n) is 9.71. The van der Waals surface area contributed by atoms with Gasteiger partial charge in [-0.3, -0.25) is 28.2 Å². The van der Waals surface area contributed by atoms with Crippen molar-refractivity contribution in [2.45, 2.75) is 168 Å². The third-order valence-corrected chi connectivity index (χ3v) is 13.4. The largest absolute Gasteiger partial charge is 0.479 e. The Morgan fingerprint density at radius 1 is 0.789 bits per heavy atom. The number of H-pyrrole nitrogens is 1. The first kappa shape index (κ1) is 50.5. The molecular formula is C41H69N3O11P2. The number of carbonyl (C=O) groups is 1. The molecule has 0 saturated heterocycles. The Bertz CT molecular complexity index is 1680. The minimum absolute atomic E-state index is 0. The van der Waals surface area contributed by atoms with Gasteiger partial charge in [-0.1, -0.05) is 141 Å². The first-order chi connectivity index (χ1) is 26.9. The molecule has 1 aliphatic rings. The zero-order valence-corrected chi connectivity index (χ0v) is 36.3. The molecular weight excluding hydrogens is 772 g/mol. The normalized spacial score (nSPS) is 17.2. The first-order valence-corrected chi connectivity index (χ1v) is 24.0. The number of aromatic nitrogens is 2. The first-order valence-electron chi connectivity index (χ1n) is 20.8. The summed E-state index contributed by atoms with van der Waals surface area (Å²) < 4.78 is 55.8. The van der Waals surface area contributed by atoms with Crippen LogP contribution in [-0.2, 0) is 38.6 Å². The van der Waals surface area contributed by atoms with Crippen LogP contribution in [0.15, 0.2) is 52.2 Å². The second-order valence-electron chi connectivity index (χ2n) is 14.8. The van der Waals surface area contributed by atoms with Gasteiger partial charge in [-0.25, -0.2) is 13.7 Å². The van der Waals surface area contributed by atoms with E-state index >= 15 is 0 Å². The fourth-order valence-corrected chi connectivity index (χ4v) is 9.76. The van der Waals surface area contributed by atoms with Gasteiger partial charge in [0.25, 0.3) is 5.56 Å². The van der Waals surface area contributed by atoms with Crippen LogP contribution in [0.3, 0.4) is 0 Å². The van der Waals surface area contributed by atoms with E-state index in [4.69, 9.17) is 22.8 Å². The van der Waals surface area contributed by atoms with Gasteiger partial charge in [-0.05, 0) is 43.5 Å². The highest BCUT2D eigenvalue weighted by Crippen LogP contribution is 2.63. The van der Waals surface area contributed by atoms with Crippen LogP contribution in [0.2, 0.25) is 0 Å². The number of phosphoric ester groups is 1. The molecule has 1 aliphatic heterocycles. The average Bonchev–Trinajstić information content (AvgIpc) is 3.64. The van der Waals surface area contributed by atoms with Gasteiger partial charge < -0.3 is 25.0 Å². The van der Waals surface area contributed by atoms with Gasteiger partial charge in [0.15, 0.2) is 6.23 Å². The van der Waals surface area contributed by atoms with Crippen LogP contribution >= 0.6 is 15.4 Å². The van der Waals surface area contributed by atoms with Crippen LogP contribution < -0.4 is 22.1 Å². The molecule has 16 heteroatoms. The highest BCUT2D eigenvalue weighted by molar-refractivity contribution is 7.64. The lowest BCUT2D eigenvalue weighted by atomic mass is 10.1. The number of aromatic amines is 1. The second-order valence-corrected chi connectivity index (χ2v) is 18.5. The summed E-state index contributed by atoms with van der Waals surface area (Å²) in [5.74, 6) is 0.0955. The fraction of sp³-hybridized carbons (Fsp3) is 0.683. The molecule has 1 aromatic heterocycles. The van der Waals surface area contributed by atoms with Crippen molar-refractivity contribution in [1.82, 2.24) is 15.7 Å². The van der Waals surface area contributed by atoms with Crippen molar-refractivity contribution in [1.29, 1.82) is 0 Å².